The summed E-state index contributed by atoms with van der Waals surface area (Å²) in [4.78, 5) is 19.6. The van der Waals surface area contributed by atoms with Crippen LogP contribution in [0, 0.1) is 0 Å². The molecule has 0 aliphatic rings. The minimum atomic E-state index is -0.845. The molecule has 3 heteroatoms. The summed E-state index contributed by atoms with van der Waals surface area (Å²) in [5.74, 6) is -0.826. The van der Waals surface area contributed by atoms with E-state index in [1.165, 1.54) is 13.0 Å². The smallest absolute Gasteiger partial charge is 0.330 e. The number of aliphatic carboxylic acids is 1. The van der Waals surface area contributed by atoms with Gasteiger partial charge in [0.1, 0.15) is 0 Å². The Balaban J connectivity index is 0. The molecule has 0 aliphatic heterocycles. The van der Waals surface area contributed by atoms with Crippen LogP contribution in [0.15, 0.2) is 24.3 Å². The molecule has 0 bridgehead atoms. The molecule has 0 amide bonds. The number of hydrogen-bond acceptors (Lipinski definition) is 2. The predicted octanol–water partition coefficient (Wildman–Crippen LogP) is 1.80. The predicted molar refractivity (Wildman–Crippen MR) is 47.9 cm³/mol. The van der Waals surface area contributed by atoms with E-state index in [9.17, 15) is 9.59 Å². The molecule has 0 aromatic rings. The summed E-state index contributed by atoms with van der Waals surface area (Å²) >= 11 is 0. The van der Waals surface area contributed by atoms with Gasteiger partial charge in [0.15, 0.2) is 5.78 Å². The molecule has 0 atom stereocenters. The number of carboxylic acids is 1. The molecular weight excluding hydrogens is 156 g/mol. The highest BCUT2D eigenvalue weighted by molar-refractivity contribution is 5.86. The monoisotopic (exact) mass is 170 g/mol. The summed E-state index contributed by atoms with van der Waals surface area (Å²) in [6.07, 6.45) is 2.84. The van der Waals surface area contributed by atoms with Crippen LogP contribution in [0.2, 0.25) is 0 Å². The summed E-state index contributed by atoms with van der Waals surface area (Å²) in [5, 5.41) is 8.11. The van der Waals surface area contributed by atoms with E-state index in [1.54, 1.807) is 19.9 Å². The van der Waals surface area contributed by atoms with Crippen molar-refractivity contribution in [1.29, 1.82) is 0 Å². The van der Waals surface area contributed by atoms with Crippen molar-refractivity contribution in [3.8, 4) is 0 Å². The Hall–Kier alpha value is -1.38. The number of carboxylic acid groups (broad SMARTS) is 1. The molecule has 0 saturated carbocycles. The third-order valence-electron chi connectivity index (χ3n) is 1.06. The molecule has 0 unspecified atom stereocenters. The van der Waals surface area contributed by atoms with E-state index in [0.717, 1.165) is 0 Å². The molecule has 0 aliphatic carbocycles. The van der Waals surface area contributed by atoms with Gasteiger partial charge in [-0.1, -0.05) is 12.7 Å². The molecule has 0 fully saturated rings. The topological polar surface area (TPSA) is 54.4 Å². The summed E-state index contributed by atoms with van der Waals surface area (Å²) in [6, 6.07) is 0. The minimum Gasteiger partial charge on any atom is -0.478 e. The Morgan fingerprint density at radius 3 is 1.67 bits per heavy atom. The maximum Gasteiger partial charge on any atom is 0.330 e. The van der Waals surface area contributed by atoms with Crippen molar-refractivity contribution in [3.63, 3.8) is 0 Å². The fourth-order valence-corrected chi connectivity index (χ4v) is 0.123. The molecule has 0 saturated heterocycles. The van der Waals surface area contributed by atoms with E-state index < -0.39 is 5.97 Å². The van der Waals surface area contributed by atoms with Gasteiger partial charge in [0.05, 0.1) is 0 Å². The lowest BCUT2D eigenvalue weighted by atomic mass is 10.3. The molecule has 0 aromatic heterocycles. The van der Waals surface area contributed by atoms with Crippen molar-refractivity contribution < 1.29 is 14.7 Å². The molecule has 0 radical (unpaired) electrons. The van der Waals surface area contributed by atoms with E-state index in [2.05, 4.69) is 6.58 Å². The number of carbonyl (C=O) groups is 2. The van der Waals surface area contributed by atoms with Crippen molar-refractivity contribution in [3.05, 3.63) is 24.3 Å². The van der Waals surface area contributed by atoms with Gasteiger partial charge >= 0.3 is 5.97 Å². The highest BCUT2D eigenvalue weighted by atomic mass is 16.4. The standard InChI is InChI=1S/C5H8O2.C4H6O/c1-3-4(2)5(6)7;1-3-4(2)5/h3H,1-2H3,(H,6,7);3H,1H2,2H3/b4-3+;. The average Bonchev–Trinajstić information content (AvgIpc) is 2.04. The molecule has 12 heavy (non-hydrogen) atoms. The van der Waals surface area contributed by atoms with Crippen LogP contribution in [0.5, 0.6) is 0 Å². The van der Waals surface area contributed by atoms with Crippen LogP contribution in [0.1, 0.15) is 20.8 Å². The van der Waals surface area contributed by atoms with Crippen LogP contribution in [0.25, 0.3) is 0 Å². The molecule has 0 rings (SSSR count). The first-order valence-corrected chi connectivity index (χ1v) is 3.44. The van der Waals surface area contributed by atoms with Crippen LogP contribution in [0.3, 0.4) is 0 Å². The van der Waals surface area contributed by atoms with Gasteiger partial charge in [0.25, 0.3) is 0 Å². The first-order chi connectivity index (χ1) is 5.45. The molecule has 3 nitrogen and oxygen atoms in total. The third-order valence-corrected chi connectivity index (χ3v) is 1.06. The number of ketones is 1. The van der Waals surface area contributed by atoms with Crippen molar-refractivity contribution in [2.75, 3.05) is 0 Å². The lowest BCUT2D eigenvalue weighted by molar-refractivity contribution is -0.132. The number of hydrogen-bond donors (Lipinski definition) is 1. The van der Waals surface area contributed by atoms with Gasteiger partial charge in [-0.15, -0.1) is 0 Å². The fraction of sp³-hybridized carbons (Fsp3) is 0.333. The highest BCUT2D eigenvalue weighted by Gasteiger charge is 1.93. The SMILES string of the molecule is C/C=C(\C)C(=O)O.C=CC(C)=O. The minimum absolute atomic E-state index is 0.0185. The second-order valence-electron chi connectivity index (χ2n) is 2.09. The molecular formula is C9H14O3. The summed E-state index contributed by atoms with van der Waals surface area (Å²) in [6.45, 7) is 7.93. The zero-order valence-electron chi connectivity index (χ0n) is 7.63. The quantitative estimate of drug-likeness (QED) is 0.643. The Kier molecular flexibility index (Phi) is 8.51. The maximum atomic E-state index is 9.86. The van der Waals surface area contributed by atoms with E-state index >= 15 is 0 Å². The second kappa shape index (κ2) is 7.72. The van der Waals surface area contributed by atoms with Crippen LogP contribution in [-0.4, -0.2) is 16.9 Å². The van der Waals surface area contributed by atoms with Gasteiger partial charge in [-0.2, -0.15) is 0 Å². The average molecular weight is 170 g/mol. The summed E-state index contributed by atoms with van der Waals surface area (Å²) in [7, 11) is 0. The van der Waals surface area contributed by atoms with Gasteiger partial charge in [-0.05, 0) is 26.8 Å². The molecule has 68 valence electrons. The first kappa shape index (κ1) is 13.2. The van der Waals surface area contributed by atoms with Crippen LogP contribution < -0.4 is 0 Å². The normalized spacial score (nSPS) is 9.42. The van der Waals surface area contributed by atoms with Gasteiger partial charge in [0, 0.05) is 5.57 Å². The van der Waals surface area contributed by atoms with E-state index in [1.807, 2.05) is 0 Å². The first-order valence-electron chi connectivity index (χ1n) is 3.44. The van der Waals surface area contributed by atoms with Gasteiger partial charge < -0.3 is 5.11 Å². The second-order valence-corrected chi connectivity index (χ2v) is 2.09. The zero-order chi connectivity index (χ0) is 10.1. The number of allylic oxidation sites excluding steroid dienone is 2. The summed E-state index contributed by atoms with van der Waals surface area (Å²) in [5.41, 5.74) is 0.389. The third kappa shape index (κ3) is 11.4. The van der Waals surface area contributed by atoms with Crippen molar-refractivity contribution in [2.24, 2.45) is 0 Å². The summed E-state index contributed by atoms with van der Waals surface area (Å²) < 4.78 is 0. The van der Waals surface area contributed by atoms with Crippen molar-refractivity contribution in [2.45, 2.75) is 20.8 Å². The molecule has 0 spiro atoms. The van der Waals surface area contributed by atoms with E-state index in [4.69, 9.17) is 5.11 Å². The maximum absolute atomic E-state index is 9.86. The Bertz CT molecular complexity index is 202. The van der Waals surface area contributed by atoms with Crippen molar-refractivity contribution in [1.82, 2.24) is 0 Å². The Morgan fingerprint density at radius 1 is 1.33 bits per heavy atom. The molecule has 1 N–H and O–H groups in total. The lowest BCUT2D eigenvalue weighted by Gasteiger charge is -1.84. The van der Waals surface area contributed by atoms with Crippen LogP contribution >= 0.6 is 0 Å². The highest BCUT2D eigenvalue weighted by Crippen LogP contribution is 1.87. The van der Waals surface area contributed by atoms with E-state index in [-0.39, 0.29) is 5.78 Å². The van der Waals surface area contributed by atoms with Gasteiger partial charge in [-0.25, -0.2) is 4.79 Å². The number of carbonyl (C=O) groups excluding carboxylic acids is 1. The van der Waals surface area contributed by atoms with E-state index in [0.29, 0.717) is 5.57 Å². The lowest BCUT2D eigenvalue weighted by Crippen LogP contribution is -1.93. The fourth-order valence-electron chi connectivity index (χ4n) is 0.123. The van der Waals surface area contributed by atoms with Gasteiger partial charge in [0.2, 0.25) is 0 Å². The number of rotatable bonds is 2. The van der Waals surface area contributed by atoms with Crippen LogP contribution in [-0.2, 0) is 9.59 Å². The largest absolute Gasteiger partial charge is 0.478 e. The van der Waals surface area contributed by atoms with Crippen molar-refractivity contribution >= 4 is 11.8 Å². The molecule has 0 aromatic carbocycles. The molecule has 0 heterocycles. The van der Waals surface area contributed by atoms with Gasteiger partial charge in [-0.3, -0.25) is 4.79 Å². The Morgan fingerprint density at radius 2 is 1.67 bits per heavy atom. The Labute approximate surface area is 72.4 Å². The van der Waals surface area contributed by atoms with Crippen LogP contribution in [0.4, 0.5) is 0 Å². The zero-order valence-corrected chi connectivity index (χ0v) is 7.63.